The van der Waals surface area contributed by atoms with Gasteiger partial charge in [-0.1, -0.05) is 19.1 Å². The Morgan fingerprint density at radius 2 is 1.90 bits per heavy atom. The van der Waals surface area contributed by atoms with Crippen LogP contribution in [0.4, 0.5) is 10.5 Å². The Morgan fingerprint density at radius 3 is 2.43 bits per heavy atom. The lowest BCUT2D eigenvalue weighted by molar-refractivity contribution is -0.125. The van der Waals surface area contributed by atoms with Crippen molar-refractivity contribution in [2.24, 2.45) is 0 Å². The van der Waals surface area contributed by atoms with Gasteiger partial charge < -0.3 is 11.1 Å². The van der Waals surface area contributed by atoms with Gasteiger partial charge in [0.2, 0.25) is 5.91 Å². The van der Waals surface area contributed by atoms with Crippen LogP contribution in [0.15, 0.2) is 24.3 Å². The highest BCUT2D eigenvalue weighted by molar-refractivity contribution is 5.96. The highest BCUT2D eigenvalue weighted by Crippen LogP contribution is 2.11. The maximum absolute atomic E-state index is 12.0. The topological polar surface area (TPSA) is 87.5 Å². The summed E-state index contributed by atoms with van der Waals surface area (Å²) < 4.78 is 0. The molecule has 0 fully saturated rings. The molecule has 116 valence electrons. The Balaban J connectivity index is 2.73. The van der Waals surface area contributed by atoms with Crippen molar-refractivity contribution in [2.75, 3.05) is 19.3 Å². The fourth-order valence-electron chi connectivity index (χ4n) is 2.00. The molecule has 0 heterocycles. The first-order chi connectivity index (χ1) is 9.97. The molecule has 0 aliphatic carbocycles. The molecule has 0 saturated heterocycles. The van der Waals surface area contributed by atoms with E-state index in [0.717, 1.165) is 18.5 Å². The zero-order valence-corrected chi connectivity index (χ0v) is 12.8. The number of nitrogens with zero attached hydrogens (tertiary/aromatic N) is 1. The number of urea groups is 1. The minimum absolute atomic E-state index is 0.307. The van der Waals surface area contributed by atoms with E-state index in [2.05, 4.69) is 17.6 Å². The molecule has 3 amide bonds. The summed E-state index contributed by atoms with van der Waals surface area (Å²) in [7, 11) is 1.48. The number of imide groups is 1. The molecular formula is C15H24N4O2. The zero-order chi connectivity index (χ0) is 15.8. The minimum atomic E-state index is -0.490. The first-order valence-corrected chi connectivity index (χ1v) is 7.09. The standard InChI is InChI=1S/C15H24N4O2/c1-4-9-19(10-12-5-7-13(16)8-6-12)11(2)14(20)18-15(21)17-3/h5-8,11H,4,9-10,16H2,1-3H3,(H2,17,18,20,21). The second kappa shape index (κ2) is 8.26. The Kier molecular flexibility index (Phi) is 6.68. The number of carbonyl (C=O) groups is 2. The molecule has 21 heavy (non-hydrogen) atoms. The highest BCUT2D eigenvalue weighted by atomic mass is 16.2. The van der Waals surface area contributed by atoms with Crippen molar-refractivity contribution in [3.8, 4) is 0 Å². The number of hydrogen-bond donors (Lipinski definition) is 3. The van der Waals surface area contributed by atoms with E-state index in [1.165, 1.54) is 7.05 Å². The van der Waals surface area contributed by atoms with Crippen LogP contribution < -0.4 is 16.4 Å². The second-order valence-corrected chi connectivity index (χ2v) is 4.96. The number of hydrogen-bond acceptors (Lipinski definition) is 4. The van der Waals surface area contributed by atoms with Gasteiger partial charge in [-0.2, -0.15) is 0 Å². The van der Waals surface area contributed by atoms with Crippen molar-refractivity contribution in [3.05, 3.63) is 29.8 Å². The van der Waals surface area contributed by atoms with Crippen molar-refractivity contribution in [2.45, 2.75) is 32.9 Å². The van der Waals surface area contributed by atoms with Crippen LogP contribution in [-0.4, -0.2) is 36.5 Å². The fraction of sp³-hybridized carbons (Fsp3) is 0.467. The Bertz CT molecular complexity index is 473. The number of nitrogens with two attached hydrogens (primary N) is 1. The molecule has 1 rings (SSSR count). The van der Waals surface area contributed by atoms with Gasteiger partial charge >= 0.3 is 6.03 Å². The van der Waals surface area contributed by atoms with E-state index in [0.29, 0.717) is 12.2 Å². The number of carbonyl (C=O) groups excluding carboxylic acids is 2. The van der Waals surface area contributed by atoms with Crippen molar-refractivity contribution in [1.82, 2.24) is 15.5 Å². The maximum Gasteiger partial charge on any atom is 0.321 e. The van der Waals surface area contributed by atoms with E-state index < -0.39 is 6.03 Å². The molecule has 6 nitrogen and oxygen atoms in total. The average molecular weight is 292 g/mol. The average Bonchev–Trinajstić information content (AvgIpc) is 2.48. The lowest BCUT2D eigenvalue weighted by Gasteiger charge is -2.27. The molecule has 1 aromatic rings. The van der Waals surface area contributed by atoms with Gasteiger partial charge in [0.05, 0.1) is 6.04 Å². The summed E-state index contributed by atoms with van der Waals surface area (Å²) in [5.41, 5.74) is 7.47. The van der Waals surface area contributed by atoms with E-state index >= 15 is 0 Å². The van der Waals surface area contributed by atoms with Gasteiger partial charge in [0.1, 0.15) is 0 Å². The SMILES string of the molecule is CCCN(Cc1ccc(N)cc1)C(C)C(=O)NC(=O)NC. The minimum Gasteiger partial charge on any atom is -0.399 e. The number of anilines is 1. The monoisotopic (exact) mass is 292 g/mol. The van der Waals surface area contributed by atoms with E-state index in [-0.39, 0.29) is 11.9 Å². The second-order valence-electron chi connectivity index (χ2n) is 4.96. The van der Waals surface area contributed by atoms with Crippen LogP contribution in [0.25, 0.3) is 0 Å². The van der Waals surface area contributed by atoms with Crippen molar-refractivity contribution in [3.63, 3.8) is 0 Å². The quantitative estimate of drug-likeness (QED) is 0.690. The maximum atomic E-state index is 12.0. The van der Waals surface area contributed by atoms with Gasteiger partial charge in [0.15, 0.2) is 0 Å². The van der Waals surface area contributed by atoms with Gasteiger partial charge in [-0.25, -0.2) is 4.79 Å². The summed E-state index contributed by atoms with van der Waals surface area (Å²) in [6, 6.07) is 6.70. The Morgan fingerprint density at radius 1 is 1.29 bits per heavy atom. The van der Waals surface area contributed by atoms with Crippen LogP contribution in [0.5, 0.6) is 0 Å². The number of nitrogens with one attached hydrogen (secondary N) is 2. The van der Waals surface area contributed by atoms with E-state index in [1.54, 1.807) is 6.92 Å². The van der Waals surface area contributed by atoms with Crippen molar-refractivity contribution < 1.29 is 9.59 Å². The highest BCUT2D eigenvalue weighted by Gasteiger charge is 2.22. The molecule has 1 atom stereocenters. The van der Waals surface area contributed by atoms with Crippen LogP contribution in [0.3, 0.4) is 0 Å². The first kappa shape index (κ1) is 17.0. The summed E-state index contributed by atoms with van der Waals surface area (Å²) in [5, 5.41) is 4.69. The number of amides is 3. The third kappa shape index (κ3) is 5.43. The van der Waals surface area contributed by atoms with E-state index in [1.807, 2.05) is 29.2 Å². The molecule has 4 N–H and O–H groups in total. The summed E-state index contributed by atoms with van der Waals surface area (Å²) in [6.45, 7) is 5.26. The smallest absolute Gasteiger partial charge is 0.321 e. The molecular weight excluding hydrogens is 268 g/mol. The number of nitrogen functional groups attached to an aromatic ring is 1. The zero-order valence-electron chi connectivity index (χ0n) is 12.8. The number of rotatable bonds is 6. The van der Waals surface area contributed by atoms with Crippen molar-refractivity contribution >= 4 is 17.6 Å². The summed E-state index contributed by atoms with van der Waals surface area (Å²) >= 11 is 0. The molecule has 1 unspecified atom stereocenters. The van der Waals surface area contributed by atoms with Gasteiger partial charge in [-0.15, -0.1) is 0 Å². The molecule has 0 bridgehead atoms. The van der Waals surface area contributed by atoms with Crippen molar-refractivity contribution in [1.29, 1.82) is 0 Å². The van der Waals surface area contributed by atoms with E-state index in [4.69, 9.17) is 5.73 Å². The molecule has 0 aromatic heterocycles. The number of benzene rings is 1. The predicted molar refractivity (Wildman–Crippen MR) is 83.6 cm³/mol. The van der Waals surface area contributed by atoms with Gasteiger partial charge in [-0.05, 0) is 37.6 Å². The fourth-order valence-corrected chi connectivity index (χ4v) is 2.00. The largest absolute Gasteiger partial charge is 0.399 e. The van der Waals surface area contributed by atoms with Crippen LogP contribution >= 0.6 is 0 Å². The van der Waals surface area contributed by atoms with Crippen LogP contribution in [0, 0.1) is 0 Å². The van der Waals surface area contributed by atoms with Crippen LogP contribution in [-0.2, 0) is 11.3 Å². The summed E-state index contributed by atoms with van der Waals surface area (Å²) in [5.74, 6) is -0.307. The predicted octanol–water partition coefficient (Wildman–Crippen LogP) is 1.32. The molecule has 6 heteroatoms. The summed E-state index contributed by atoms with van der Waals surface area (Å²) in [4.78, 5) is 25.3. The third-order valence-corrected chi connectivity index (χ3v) is 3.27. The van der Waals surface area contributed by atoms with Crippen LogP contribution in [0.2, 0.25) is 0 Å². The Hall–Kier alpha value is -2.08. The lowest BCUT2D eigenvalue weighted by Crippen LogP contribution is -2.49. The van der Waals surface area contributed by atoms with E-state index in [9.17, 15) is 9.59 Å². The summed E-state index contributed by atoms with van der Waals surface area (Å²) in [6.07, 6.45) is 0.923. The molecule has 0 radical (unpaired) electrons. The Labute approximate surface area is 125 Å². The molecule has 0 aliphatic rings. The first-order valence-electron chi connectivity index (χ1n) is 7.09. The molecule has 0 spiro atoms. The molecule has 0 aliphatic heterocycles. The van der Waals surface area contributed by atoms with Gasteiger partial charge in [0.25, 0.3) is 0 Å². The normalized spacial score (nSPS) is 12.0. The van der Waals surface area contributed by atoms with Gasteiger partial charge in [-0.3, -0.25) is 15.0 Å². The molecule has 1 aromatic carbocycles. The lowest BCUT2D eigenvalue weighted by atomic mass is 10.1. The third-order valence-electron chi connectivity index (χ3n) is 3.27. The van der Waals surface area contributed by atoms with Crippen LogP contribution in [0.1, 0.15) is 25.8 Å². The van der Waals surface area contributed by atoms with Gasteiger partial charge in [0, 0.05) is 19.3 Å². The molecule has 0 saturated carbocycles.